The average Bonchev–Trinajstić information content (AvgIpc) is 2.78. The molecule has 1 saturated heterocycles. The number of amides is 3. The van der Waals surface area contributed by atoms with E-state index in [9.17, 15) is 9.59 Å². The van der Waals surface area contributed by atoms with Crippen molar-refractivity contribution in [3.63, 3.8) is 0 Å². The minimum absolute atomic E-state index is 0.0837. The quantitative estimate of drug-likeness (QED) is 0.531. The van der Waals surface area contributed by atoms with E-state index in [4.69, 9.17) is 5.73 Å². The third kappa shape index (κ3) is 2.33. The van der Waals surface area contributed by atoms with Crippen molar-refractivity contribution in [3.05, 3.63) is 0 Å². The molecule has 1 aliphatic heterocycles. The van der Waals surface area contributed by atoms with Crippen molar-refractivity contribution in [1.29, 1.82) is 0 Å². The molecule has 0 spiro atoms. The molecule has 0 bridgehead atoms. The normalized spacial score (nSPS) is 15.5. The lowest BCUT2D eigenvalue weighted by Gasteiger charge is -2.11. The zero-order valence-electron chi connectivity index (χ0n) is 9.21. The van der Waals surface area contributed by atoms with Gasteiger partial charge in [0.25, 0.3) is 0 Å². The second-order valence-corrected chi connectivity index (χ2v) is 4.51. The highest BCUT2D eigenvalue weighted by Gasteiger charge is 2.27. The van der Waals surface area contributed by atoms with E-state index in [1.54, 1.807) is 11.6 Å². The highest BCUT2D eigenvalue weighted by Crippen LogP contribution is 2.16. The predicted molar refractivity (Wildman–Crippen MR) is 61.3 cm³/mol. The summed E-state index contributed by atoms with van der Waals surface area (Å²) in [6, 6.07) is -0.340. The molecule has 0 unspecified atom stereocenters. The van der Waals surface area contributed by atoms with Crippen LogP contribution in [0, 0.1) is 0 Å². The molecule has 8 nitrogen and oxygen atoms in total. The van der Waals surface area contributed by atoms with Gasteiger partial charge in [0.15, 0.2) is 5.16 Å². The summed E-state index contributed by atoms with van der Waals surface area (Å²) in [5.41, 5.74) is 5.53. The Morgan fingerprint density at radius 1 is 1.47 bits per heavy atom. The molecule has 0 radical (unpaired) electrons. The van der Waals surface area contributed by atoms with E-state index in [0.29, 0.717) is 23.4 Å². The number of aromatic nitrogens is 3. The summed E-state index contributed by atoms with van der Waals surface area (Å²) in [4.78, 5) is 23.7. The molecule has 1 aliphatic rings. The van der Waals surface area contributed by atoms with Gasteiger partial charge in [-0.3, -0.25) is 14.3 Å². The van der Waals surface area contributed by atoms with Crippen molar-refractivity contribution < 1.29 is 9.59 Å². The van der Waals surface area contributed by atoms with Gasteiger partial charge < -0.3 is 11.1 Å². The maximum absolute atomic E-state index is 11.3. The maximum atomic E-state index is 11.3. The first kappa shape index (κ1) is 11.7. The Morgan fingerprint density at radius 2 is 2.24 bits per heavy atom. The van der Waals surface area contributed by atoms with Gasteiger partial charge in [-0.15, -0.1) is 10.2 Å². The van der Waals surface area contributed by atoms with Crippen LogP contribution in [-0.2, 0) is 11.8 Å². The number of anilines is 1. The topological polar surface area (TPSA) is 106 Å². The van der Waals surface area contributed by atoms with Gasteiger partial charge in [0.05, 0.1) is 6.54 Å². The minimum Gasteiger partial charge on any atom is -0.368 e. The maximum Gasteiger partial charge on any atom is 0.324 e. The van der Waals surface area contributed by atoms with Crippen LogP contribution in [0.4, 0.5) is 10.7 Å². The number of hydrogen-bond donors (Lipinski definition) is 2. The standard InChI is InChI=1S/C8H12N6O2S/c1-13-6(9)11-12-8(13)17-3-2-14-5(15)4-10-7(14)16/h2-4H2,1H3,(H2,9,11)(H,10,16). The van der Waals surface area contributed by atoms with Gasteiger partial charge in [0.1, 0.15) is 0 Å². The fourth-order valence-electron chi connectivity index (χ4n) is 1.36. The number of nitrogens with two attached hydrogens (primary N) is 1. The van der Waals surface area contributed by atoms with Gasteiger partial charge in [-0.25, -0.2) is 4.79 Å². The third-order valence-corrected chi connectivity index (χ3v) is 3.35. The fraction of sp³-hybridized carbons (Fsp3) is 0.500. The van der Waals surface area contributed by atoms with Crippen LogP contribution in [0.1, 0.15) is 0 Å². The molecule has 2 heterocycles. The summed E-state index contributed by atoms with van der Waals surface area (Å²) in [6.07, 6.45) is 0. The summed E-state index contributed by atoms with van der Waals surface area (Å²) in [5.74, 6) is 0.695. The molecule has 0 saturated carbocycles. The first-order chi connectivity index (χ1) is 8.09. The molecule has 0 atom stereocenters. The zero-order chi connectivity index (χ0) is 12.4. The zero-order valence-corrected chi connectivity index (χ0v) is 10.0. The summed E-state index contributed by atoms with van der Waals surface area (Å²) in [5, 5.41) is 10.7. The second kappa shape index (κ2) is 4.62. The molecule has 3 amide bonds. The second-order valence-electron chi connectivity index (χ2n) is 3.45. The molecule has 2 rings (SSSR count). The number of nitrogen functional groups attached to an aromatic ring is 1. The van der Waals surface area contributed by atoms with Crippen molar-refractivity contribution in [2.24, 2.45) is 7.05 Å². The minimum atomic E-state index is -0.340. The number of thioether (sulfide) groups is 1. The lowest BCUT2D eigenvalue weighted by Crippen LogP contribution is -2.32. The van der Waals surface area contributed by atoms with Gasteiger partial charge in [0, 0.05) is 19.3 Å². The number of nitrogens with one attached hydrogen (secondary N) is 1. The van der Waals surface area contributed by atoms with E-state index in [0.717, 1.165) is 0 Å². The van der Waals surface area contributed by atoms with E-state index in [1.807, 2.05) is 0 Å². The van der Waals surface area contributed by atoms with E-state index < -0.39 is 0 Å². The highest BCUT2D eigenvalue weighted by atomic mass is 32.2. The Kier molecular flexibility index (Phi) is 3.18. The van der Waals surface area contributed by atoms with E-state index in [2.05, 4.69) is 15.5 Å². The number of imide groups is 1. The number of urea groups is 1. The van der Waals surface area contributed by atoms with Gasteiger partial charge >= 0.3 is 6.03 Å². The largest absolute Gasteiger partial charge is 0.368 e. The van der Waals surface area contributed by atoms with Crippen LogP contribution >= 0.6 is 11.8 Å². The SMILES string of the molecule is Cn1c(N)nnc1SCCN1C(=O)CNC1=O. The van der Waals surface area contributed by atoms with Crippen LogP contribution in [0.2, 0.25) is 0 Å². The van der Waals surface area contributed by atoms with E-state index in [-0.39, 0.29) is 18.5 Å². The summed E-state index contributed by atoms with van der Waals surface area (Å²) in [7, 11) is 1.76. The first-order valence-corrected chi connectivity index (χ1v) is 5.94. The van der Waals surface area contributed by atoms with Crippen LogP contribution in [0.25, 0.3) is 0 Å². The first-order valence-electron chi connectivity index (χ1n) is 4.95. The van der Waals surface area contributed by atoms with Crippen molar-refractivity contribution in [3.8, 4) is 0 Å². The molecule has 1 fully saturated rings. The molecule has 9 heteroatoms. The Labute approximate surface area is 102 Å². The smallest absolute Gasteiger partial charge is 0.324 e. The summed E-state index contributed by atoms with van der Waals surface area (Å²) in [6.45, 7) is 0.433. The van der Waals surface area contributed by atoms with Crippen molar-refractivity contribution in [2.75, 3.05) is 24.6 Å². The molecular weight excluding hydrogens is 244 g/mol. The Balaban J connectivity index is 1.86. The number of rotatable bonds is 4. The molecule has 17 heavy (non-hydrogen) atoms. The van der Waals surface area contributed by atoms with Gasteiger partial charge in [-0.1, -0.05) is 11.8 Å². The fourth-order valence-corrected chi connectivity index (χ4v) is 2.20. The number of hydrogen-bond acceptors (Lipinski definition) is 6. The number of carbonyl (C=O) groups is 2. The third-order valence-electron chi connectivity index (χ3n) is 2.35. The number of carbonyl (C=O) groups excluding carboxylic acids is 2. The summed E-state index contributed by atoms with van der Waals surface area (Å²) >= 11 is 1.39. The number of nitrogens with zero attached hydrogens (tertiary/aromatic N) is 4. The molecule has 3 N–H and O–H groups in total. The molecule has 92 valence electrons. The highest BCUT2D eigenvalue weighted by molar-refractivity contribution is 7.99. The van der Waals surface area contributed by atoms with Crippen LogP contribution in [0.5, 0.6) is 0 Å². The predicted octanol–water partition coefficient (Wildman–Crippen LogP) is -0.959. The molecule has 1 aromatic heterocycles. The van der Waals surface area contributed by atoms with Gasteiger partial charge in [0.2, 0.25) is 11.9 Å². The van der Waals surface area contributed by atoms with Crippen molar-refractivity contribution in [2.45, 2.75) is 5.16 Å². The Bertz CT molecular complexity index is 443. The Morgan fingerprint density at radius 3 is 2.76 bits per heavy atom. The lowest BCUT2D eigenvalue weighted by molar-refractivity contribution is -0.124. The summed E-state index contributed by atoms with van der Waals surface area (Å²) < 4.78 is 1.65. The van der Waals surface area contributed by atoms with E-state index >= 15 is 0 Å². The monoisotopic (exact) mass is 256 g/mol. The van der Waals surface area contributed by atoms with Crippen molar-refractivity contribution in [1.82, 2.24) is 25.0 Å². The van der Waals surface area contributed by atoms with Crippen LogP contribution in [0.15, 0.2) is 5.16 Å². The average molecular weight is 256 g/mol. The van der Waals surface area contributed by atoms with Crippen LogP contribution in [-0.4, -0.2) is 50.4 Å². The van der Waals surface area contributed by atoms with Crippen LogP contribution in [0.3, 0.4) is 0 Å². The molecular formula is C8H12N6O2S. The molecule has 0 aromatic carbocycles. The van der Waals surface area contributed by atoms with Gasteiger partial charge in [-0.2, -0.15) is 0 Å². The molecule has 1 aromatic rings. The van der Waals surface area contributed by atoms with E-state index in [1.165, 1.54) is 16.7 Å². The molecule has 0 aliphatic carbocycles. The Hall–Kier alpha value is -1.77. The van der Waals surface area contributed by atoms with Gasteiger partial charge in [-0.05, 0) is 0 Å². The lowest BCUT2D eigenvalue weighted by atomic mass is 10.5. The van der Waals surface area contributed by atoms with Crippen LogP contribution < -0.4 is 11.1 Å². The van der Waals surface area contributed by atoms with Crippen molar-refractivity contribution >= 4 is 29.6 Å².